The van der Waals surface area contributed by atoms with Gasteiger partial charge in [0.2, 0.25) is 0 Å². The topological polar surface area (TPSA) is 49.3 Å². The van der Waals surface area contributed by atoms with Gasteiger partial charge >= 0.3 is 0 Å². The second-order valence-corrected chi connectivity index (χ2v) is 6.02. The molecule has 1 atom stereocenters. The van der Waals surface area contributed by atoms with Gasteiger partial charge in [-0.25, -0.2) is 4.39 Å². The molecule has 2 rings (SSSR count). The van der Waals surface area contributed by atoms with Gasteiger partial charge in [0.05, 0.1) is 6.10 Å². The van der Waals surface area contributed by atoms with E-state index >= 15 is 0 Å². The van der Waals surface area contributed by atoms with Crippen LogP contribution < -0.4 is 5.32 Å². The van der Waals surface area contributed by atoms with Crippen LogP contribution in [0.1, 0.15) is 36.0 Å². The molecule has 1 aliphatic rings. The number of aliphatic hydroxyl groups is 1. The van der Waals surface area contributed by atoms with Crippen molar-refractivity contribution in [3.05, 3.63) is 29.6 Å². The molecule has 1 aromatic carbocycles. The van der Waals surface area contributed by atoms with Gasteiger partial charge in [-0.3, -0.25) is 4.79 Å². The van der Waals surface area contributed by atoms with Crippen LogP contribution >= 0.6 is 11.8 Å². The van der Waals surface area contributed by atoms with Gasteiger partial charge in [0.1, 0.15) is 5.82 Å². The van der Waals surface area contributed by atoms with Crippen molar-refractivity contribution in [3.63, 3.8) is 0 Å². The van der Waals surface area contributed by atoms with Gasteiger partial charge in [-0.2, -0.15) is 0 Å². The van der Waals surface area contributed by atoms with Crippen LogP contribution in [0.4, 0.5) is 4.39 Å². The fourth-order valence-corrected chi connectivity index (χ4v) is 3.12. The Hall–Kier alpha value is -1.07. The zero-order valence-corrected chi connectivity index (χ0v) is 12.4. The molecule has 0 saturated heterocycles. The maximum Gasteiger partial charge on any atom is 0.251 e. The molecule has 1 aromatic rings. The molecule has 0 heterocycles. The summed E-state index contributed by atoms with van der Waals surface area (Å²) >= 11 is 1.27. The molecule has 0 aromatic heterocycles. The first kappa shape index (κ1) is 15.3. The third kappa shape index (κ3) is 3.73. The number of thioether (sulfide) groups is 1. The van der Waals surface area contributed by atoms with Crippen LogP contribution in [0.2, 0.25) is 0 Å². The SMILES string of the molecule is CSc1cc(C(=O)NCC(O)C2CCCC2)ccc1F. The molecule has 2 N–H and O–H groups in total. The molecule has 1 fully saturated rings. The third-order valence-corrected chi connectivity index (χ3v) is 4.58. The number of benzene rings is 1. The van der Waals surface area contributed by atoms with Crippen LogP contribution in [0.5, 0.6) is 0 Å². The van der Waals surface area contributed by atoms with Crippen LogP contribution in [-0.4, -0.2) is 29.9 Å². The van der Waals surface area contributed by atoms with Crippen LogP contribution in [0.3, 0.4) is 0 Å². The van der Waals surface area contributed by atoms with E-state index in [1.54, 1.807) is 6.26 Å². The van der Waals surface area contributed by atoms with Crippen molar-refractivity contribution in [1.29, 1.82) is 0 Å². The van der Waals surface area contributed by atoms with Crippen molar-refractivity contribution in [1.82, 2.24) is 5.32 Å². The molecule has 0 bridgehead atoms. The van der Waals surface area contributed by atoms with Crippen molar-refractivity contribution in [2.45, 2.75) is 36.7 Å². The van der Waals surface area contributed by atoms with E-state index in [4.69, 9.17) is 0 Å². The number of carbonyl (C=O) groups excluding carboxylic acids is 1. The molecule has 5 heteroatoms. The highest BCUT2D eigenvalue weighted by atomic mass is 32.2. The van der Waals surface area contributed by atoms with Gasteiger partial charge in [0.25, 0.3) is 5.91 Å². The molecule has 20 heavy (non-hydrogen) atoms. The minimum Gasteiger partial charge on any atom is -0.391 e. The lowest BCUT2D eigenvalue weighted by molar-refractivity contribution is 0.0840. The quantitative estimate of drug-likeness (QED) is 0.822. The van der Waals surface area contributed by atoms with E-state index in [1.165, 1.54) is 30.0 Å². The molecule has 1 unspecified atom stereocenters. The minimum absolute atomic E-state index is 0.259. The highest BCUT2D eigenvalue weighted by Gasteiger charge is 2.23. The van der Waals surface area contributed by atoms with Crippen molar-refractivity contribution in [3.8, 4) is 0 Å². The summed E-state index contributed by atoms with van der Waals surface area (Å²) < 4.78 is 13.4. The predicted octanol–water partition coefficient (Wildman–Crippen LogP) is 2.83. The molecular weight excluding hydrogens is 277 g/mol. The second-order valence-electron chi connectivity index (χ2n) is 5.17. The van der Waals surface area contributed by atoms with Gasteiger partial charge in [0.15, 0.2) is 0 Å². The Labute approximate surface area is 123 Å². The molecule has 1 aliphatic carbocycles. The number of rotatable bonds is 5. The van der Waals surface area contributed by atoms with Gasteiger partial charge in [-0.1, -0.05) is 12.8 Å². The van der Waals surface area contributed by atoms with Gasteiger partial charge in [0, 0.05) is 17.0 Å². The molecular formula is C15H20FNO2S. The van der Waals surface area contributed by atoms with E-state index in [2.05, 4.69) is 5.32 Å². The molecule has 0 aliphatic heterocycles. The van der Waals surface area contributed by atoms with E-state index in [0.29, 0.717) is 16.4 Å². The Morgan fingerprint density at radius 1 is 1.50 bits per heavy atom. The lowest BCUT2D eigenvalue weighted by Crippen LogP contribution is -2.35. The number of aliphatic hydroxyl groups excluding tert-OH is 1. The van der Waals surface area contributed by atoms with Crippen LogP contribution in [0.15, 0.2) is 23.1 Å². The van der Waals surface area contributed by atoms with Crippen LogP contribution in [0.25, 0.3) is 0 Å². The minimum atomic E-state index is -0.484. The monoisotopic (exact) mass is 297 g/mol. The predicted molar refractivity (Wildman–Crippen MR) is 78.5 cm³/mol. The van der Waals surface area contributed by atoms with Crippen molar-refractivity contribution in [2.75, 3.05) is 12.8 Å². The number of halogens is 1. The number of hydrogen-bond donors (Lipinski definition) is 2. The second kappa shape index (κ2) is 7.09. The van der Waals surface area contributed by atoms with Gasteiger partial charge < -0.3 is 10.4 Å². The van der Waals surface area contributed by atoms with Gasteiger partial charge in [-0.15, -0.1) is 11.8 Å². The summed E-state index contributed by atoms with van der Waals surface area (Å²) in [4.78, 5) is 12.4. The molecule has 3 nitrogen and oxygen atoms in total. The summed E-state index contributed by atoms with van der Waals surface area (Å²) in [6.07, 6.45) is 5.66. The smallest absolute Gasteiger partial charge is 0.251 e. The molecule has 110 valence electrons. The fraction of sp³-hybridized carbons (Fsp3) is 0.533. The zero-order chi connectivity index (χ0) is 14.5. The van der Waals surface area contributed by atoms with E-state index in [9.17, 15) is 14.3 Å². The Kier molecular flexibility index (Phi) is 5.43. The maximum atomic E-state index is 13.4. The third-order valence-electron chi connectivity index (χ3n) is 3.83. The number of carbonyl (C=O) groups is 1. The summed E-state index contributed by atoms with van der Waals surface area (Å²) in [5.41, 5.74) is 0.425. The summed E-state index contributed by atoms with van der Waals surface area (Å²) in [6.45, 7) is 0.259. The number of nitrogens with one attached hydrogen (secondary N) is 1. The van der Waals surface area contributed by atoms with Crippen molar-refractivity contribution < 1.29 is 14.3 Å². The van der Waals surface area contributed by atoms with E-state index in [0.717, 1.165) is 25.7 Å². The van der Waals surface area contributed by atoms with E-state index in [-0.39, 0.29) is 18.3 Å². The summed E-state index contributed by atoms with van der Waals surface area (Å²) in [6, 6.07) is 4.30. The Bertz CT molecular complexity index is 475. The zero-order valence-electron chi connectivity index (χ0n) is 11.6. The highest BCUT2D eigenvalue weighted by Crippen LogP contribution is 2.27. The van der Waals surface area contributed by atoms with Crippen molar-refractivity contribution >= 4 is 17.7 Å². The Morgan fingerprint density at radius 3 is 2.85 bits per heavy atom. The molecule has 1 saturated carbocycles. The molecule has 0 radical (unpaired) electrons. The summed E-state index contributed by atoms with van der Waals surface area (Å²) in [5, 5.41) is 12.7. The van der Waals surface area contributed by atoms with Crippen LogP contribution in [0, 0.1) is 11.7 Å². The maximum absolute atomic E-state index is 13.4. The number of hydrogen-bond acceptors (Lipinski definition) is 3. The standard InChI is InChI=1S/C15H20FNO2S/c1-20-14-8-11(6-7-12(14)16)15(19)17-9-13(18)10-4-2-3-5-10/h6-8,10,13,18H,2-5,9H2,1H3,(H,17,19). The Morgan fingerprint density at radius 2 is 2.20 bits per heavy atom. The van der Waals surface area contributed by atoms with E-state index < -0.39 is 6.10 Å². The average molecular weight is 297 g/mol. The summed E-state index contributed by atoms with van der Waals surface area (Å²) in [5.74, 6) is -0.289. The largest absolute Gasteiger partial charge is 0.391 e. The number of amides is 1. The van der Waals surface area contributed by atoms with Crippen molar-refractivity contribution in [2.24, 2.45) is 5.92 Å². The molecule has 1 amide bonds. The average Bonchev–Trinajstić information content (AvgIpc) is 2.99. The highest BCUT2D eigenvalue weighted by molar-refractivity contribution is 7.98. The first-order valence-corrected chi connectivity index (χ1v) is 8.14. The lowest BCUT2D eigenvalue weighted by Gasteiger charge is -2.18. The van der Waals surface area contributed by atoms with Gasteiger partial charge in [-0.05, 0) is 43.2 Å². The molecule has 0 spiro atoms. The lowest BCUT2D eigenvalue weighted by atomic mass is 10.0. The fourth-order valence-electron chi connectivity index (χ4n) is 2.61. The first-order chi connectivity index (χ1) is 9.61. The van der Waals surface area contributed by atoms with E-state index in [1.807, 2.05) is 0 Å². The summed E-state index contributed by atoms with van der Waals surface area (Å²) in [7, 11) is 0. The van der Waals surface area contributed by atoms with Crippen LogP contribution in [-0.2, 0) is 0 Å². The normalized spacial score (nSPS) is 17.1. The first-order valence-electron chi connectivity index (χ1n) is 6.91. The Balaban J connectivity index is 1.91.